The van der Waals surface area contributed by atoms with Crippen LogP contribution in [0.2, 0.25) is 0 Å². The fourth-order valence-corrected chi connectivity index (χ4v) is 2.00. The second-order valence-corrected chi connectivity index (χ2v) is 4.12. The monoisotopic (exact) mass is 307 g/mol. The molecule has 1 aliphatic rings. The van der Waals surface area contributed by atoms with Crippen molar-refractivity contribution in [3.63, 3.8) is 0 Å². The average Bonchev–Trinajstić information content (AvgIpc) is 2.33. The Morgan fingerprint density at radius 2 is 1.75 bits per heavy atom. The van der Waals surface area contributed by atoms with Crippen molar-refractivity contribution in [2.24, 2.45) is 0 Å². The number of hydrogen-bond acceptors (Lipinski definition) is 4. The standard InChI is InChI=1S/C6H9NO4S.Co.3H2O/c1-6(5(10)11)7-3(2-12-6)4(8)9;;;;/h3,7H,2H2,1H3,(H,8,9)(H,10,11);;3*1H2/p+3. The van der Waals surface area contributed by atoms with Gasteiger partial charge in [0.1, 0.15) is 6.04 Å². The molecule has 0 aliphatic carbocycles. The van der Waals surface area contributed by atoms with Crippen LogP contribution in [0.3, 0.4) is 0 Å². The zero-order chi connectivity index (χ0) is 9.35. The van der Waals surface area contributed by atoms with E-state index in [1.54, 1.807) is 0 Å². The van der Waals surface area contributed by atoms with Crippen LogP contribution in [0, 0.1) is 0 Å². The Labute approximate surface area is 106 Å². The Balaban J connectivity index is -0.000000180. The fraction of sp³-hybridized carbons (Fsp3) is 0.667. The molecule has 0 spiro atoms. The molecule has 1 fully saturated rings. The molecule has 12 N–H and O–H groups in total. The van der Waals surface area contributed by atoms with Gasteiger partial charge in [-0.1, -0.05) is 0 Å². The van der Waals surface area contributed by atoms with E-state index in [2.05, 4.69) is 5.32 Å². The van der Waals surface area contributed by atoms with Gasteiger partial charge in [0.25, 0.3) is 0 Å². The van der Waals surface area contributed by atoms with Crippen LogP contribution in [0.15, 0.2) is 0 Å². The van der Waals surface area contributed by atoms with Gasteiger partial charge in [0, 0.05) is 22.5 Å². The van der Waals surface area contributed by atoms with Crippen LogP contribution >= 0.6 is 11.8 Å². The van der Waals surface area contributed by atoms with Crippen LogP contribution in [0.25, 0.3) is 0 Å². The van der Waals surface area contributed by atoms with Crippen LogP contribution in [-0.2, 0) is 42.8 Å². The Bertz CT molecular complexity index is 241. The minimum atomic E-state index is -1.15. The van der Waals surface area contributed by atoms with E-state index >= 15 is 0 Å². The predicted molar refractivity (Wildman–Crippen MR) is 57.7 cm³/mol. The molecule has 0 aromatic rings. The Kier molecular flexibility index (Phi) is 13.5. The average molecular weight is 307 g/mol. The summed E-state index contributed by atoms with van der Waals surface area (Å²) in [4.78, 5) is 19.9. The summed E-state index contributed by atoms with van der Waals surface area (Å²) in [6.45, 7) is 1.46. The normalized spacial score (nSPS) is 26.2. The maximum atomic E-state index is 10.6. The van der Waals surface area contributed by atoms with E-state index in [9.17, 15) is 9.59 Å². The van der Waals surface area contributed by atoms with Gasteiger partial charge in [-0.15, -0.1) is 11.8 Å². The fourth-order valence-electron chi connectivity index (χ4n) is 0.922. The van der Waals surface area contributed by atoms with Crippen LogP contribution < -0.4 is 5.32 Å². The summed E-state index contributed by atoms with van der Waals surface area (Å²) in [6, 6.07) is -0.754. The maximum absolute atomic E-state index is 10.6. The third-order valence-electron chi connectivity index (χ3n) is 1.69. The molecule has 101 valence electrons. The third kappa shape index (κ3) is 5.11. The molecule has 1 aliphatic heterocycles. The first kappa shape index (κ1) is 24.7. The van der Waals surface area contributed by atoms with Gasteiger partial charge in [-0.3, -0.25) is 10.1 Å². The van der Waals surface area contributed by atoms with Crippen molar-refractivity contribution in [3.8, 4) is 0 Å². The molecule has 0 saturated carbocycles. The quantitative estimate of drug-likeness (QED) is 0.451. The van der Waals surface area contributed by atoms with E-state index in [0.29, 0.717) is 0 Å². The van der Waals surface area contributed by atoms with Gasteiger partial charge < -0.3 is 26.6 Å². The molecule has 1 radical (unpaired) electrons. The first-order valence-electron chi connectivity index (χ1n) is 3.33. The number of nitrogens with one attached hydrogen (secondary N) is 1. The number of aliphatic carboxylic acids is 2. The van der Waals surface area contributed by atoms with Gasteiger partial charge in [-0.25, -0.2) is 4.79 Å². The molecule has 16 heavy (non-hydrogen) atoms. The van der Waals surface area contributed by atoms with Crippen molar-refractivity contribution < 1.29 is 53.0 Å². The van der Waals surface area contributed by atoms with Crippen molar-refractivity contribution in [1.29, 1.82) is 0 Å². The summed E-state index contributed by atoms with van der Waals surface area (Å²) in [7, 11) is 0. The van der Waals surface area contributed by atoms with Crippen LogP contribution in [0.1, 0.15) is 6.92 Å². The number of carboxylic acid groups (broad SMARTS) is 2. The zero-order valence-electron chi connectivity index (χ0n) is 8.47. The van der Waals surface area contributed by atoms with Gasteiger partial charge in [-0.05, 0) is 6.92 Å². The molecule has 2 unspecified atom stereocenters. The van der Waals surface area contributed by atoms with Crippen molar-refractivity contribution in [2.75, 3.05) is 5.75 Å². The van der Waals surface area contributed by atoms with Gasteiger partial charge >= 0.3 is 11.9 Å². The van der Waals surface area contributed by atoms with Crippen LogP contribution in [0.4, 0.5) is 0 Å². The molecule has 1 rings (SSSR count). The molecule has 10 heteroatoms. The summed E-state index contributed by atoms with van der Waals surface area (Å²) >= 11 is 1.10. The molecular formula is C6H18CoNO7S+3. The molecule has 0 amide bonds. The van der Waals surface area contributed by atoms with E-state index in [1.807, 2.05) is 0 Å². The van der Waals surface area contributed by atoms with Crippen molar-refractivity contribution >= 4 is 23.7 Å². The SMILES string of the molecule is CC1(C(=O)O)NC(C(=O)O)CS1.[Co].[OH3+].[OH3+].[OH3+]. The van der Waals surface area contributed by atoms with Crippen molar-refractivity contribution in [2.45, 2.75) is 17.8 Å². The molecule has 1 saturated heterocycles. The maximum Gasteiger partial charge on any atom is 0.334 e. The first-order valence-corrected chi connectivity index (χ1v) is 4.32. The Hall–Kier alpha value is -0.364. The number of thioether (sulfide) groups is 1. The number of carbonyl (C=O) groups is 2. The van der Waals surface area contributed by atoms with Crippen LogP contribution in [-0.4, -0.2) is 38.8 Å². The minimum Gasteiger partial charge on any atom is -0.480 e. The third-order valence-corrected chi connectivity index (χ3v) is 3.06. The molecule has 0 aromatic heterocycles. The van der Waals surface area contributed by atoms with Gasteiger partial charge in [0.05, 0.1) is 0 Å². The Morgan fingerprint density at radius 1 is 1.31 bits per heavy atom. The summed E-state index contributed by atoms with van der Waals surface area (Å²) in [5.74, 6) is -1.75. The largest absolute Gasteiger partial charge is 0.480 e. The molecule has 2 atom stereocenters. The summed E-state index contributed by atoms with van der Waals surface area (Å²) in [5, 5.41) is 19.8. The van der Waals surface area contributed by atoms with E-state index in [4.69, 9.17) is 10.2 Å². The molecule has 1 heterocycles. The summed E-state index contributed by atoms with van der Waals surface area (Å²) in [5.41, 5.74) is 0. The minimum absolute atomic E-state index is 0. The van der Waals surface area contributed by atoms with Gasteiger partial charge in [0.15, 0.2) is 4.87 Å². The topological polar surface area (TPSA) is 186 Å². The zero-order valence-corrected chi connectivity index (χ0v) is 10.3. The second-order valence-electron chi connectivity index (χ2n) is 2.68. The first-order chi connectivity index (χ1) is 5.46. The smallest absolute Gasteiger partial charge is 0.334 e. The number of carboxylic acids is 2. The Morgan fingerprint density at radius 3 is 1.94 bits per heavy atom. The van der Waals surface area contributed by atoms with Crippen molar-refractivity contribution in [3.05, 3.63) is 0 Å². The van der Waals surface area contributed by atoms with E-state index in [-0.39, 0.29) is 39.0 Å². The van der Waals surface area contributed by atoms with E-state index in [1.165, 1.54) is 6.92 Å². The molecule has 0 bridgehead atoms. The molecular weight excluding hydrogens is 289 g/mol. The van der Waals surface area contributed by atoms with Gasteiger partial charge in [0.2, 0.25) is 0 Å². The second kappa shape index (κ2) is 8.75. The molecule has 8 nitrogen and oxygen atoms in total. The summed E-state index contributed by atoms with van der Waals surface area (Å²) < 4.78 is 0. The van der Waals surface area contributed by atoms with E-state index < -0.39 is 22.9 Å². The number of hydrogen-bond donors (Lipinski definition) is 3. The van der Waals surface area contributed by atoms with Crippen molar-refractivity contribution in [1.82, 2.24) is 5.32 Å². The van der Waals surface area contributed by atoms with Crippen LogP contribution in [0.5, 0.6) is 0 Å². The predicted octanol–water partition coefficient (Wildman–Crippen LogP) is -3.19. The summed E-state index contributed by atoms with van der Waals surface area (Å²) in [6.07, 6.45) is 0. The van der Waals surface area contributed by atoms with Gasteiger partial charge in [-0.2, -0.15) is 0 Å². The van der Waals surface area contributed by atoms with E-state index in [0.717, 1.165) is 11.8 Å². The molecule has 0 aromatic carbocycles. The number of rotatable bonds is 2.